The Balaban J connectivity index is 2.66. The first-order chi connectivity index (χ1) is 8.90. The van der Waals surface area contributed by atoms with E-state index in [1.54, 1.807) is 12.1 Å². The van der Waals surface area contributed by atoms with Crippen LogP contribution in [0.1, 0.15) is 30.6 Å². The summed E-state index contributed by atoms with van der Waals surface area (Å²) in [7, 11) is 0. The largest absolute Gasteiger partial charge is 0.478 e. The molecule has 0 atom stereocenters. The number of rotatable bonds is 6. The van der Waals surface area contributed by atoms with Crippen molar-refractivity contribution in [2.45, 2.75) is 26.3 Å². The van der Waals surface area contributed by atoms with E-state index in [-0.39, 0.29) is 11.5 Å². The summed E-state index contributed by atoms with van der Waals surface area (Å²) in [6.07, 6.45) is 0.309. The summed E-state index contributed by atoms with van der Waals surface area (Å²) in [5.74, 6) is -1.24. The van der Waals surface area contributed by atoms with Gasteiger partial charge in [-0.15, -0.1) is 0 Å². The second-order valence-electron chi connectivity index (χ2n) is 4.40. The summed E-state index contributed by atoms with van der Waals surface area (Å²) in [6, 6.07) is 5.22. The second-order valence-corrected chi connectivity index (χ2v) is 5.65. The van der Waals surface area contributed by atoms with Gasteiger partial charge in [0.05, 0.1) is 11.3 Å². The average molecular weight is 376 g/mol. The Morgan fingerprint density at radius 3 is 2.63 bits per heavy atom. The lowest BCUT2D eigenvalue weighted by Gasteiger charge is -2.10. The Morgan fingerprint density at radius 1 is 1.37 bits per heavy atom. The number of anilines is 1. The maximum Gasteiger partial charge on any atom is 0.337 e. The van der Waals surface area contributed by atoms with Gasteiger partial charge in [-0.3, -0.25) is 4.79 Å². The lowest BCUT2D eigenvalue weighted by Crippen LogP contribution is -2.27. The quantitative estimate of drug-likeness (QED) is 0.666. The van der Waals surface area contributed by atoms with Gasteiger partial charge in [0.2, 0.25) is 5.91 Å². The smallest absolute Gasteiger partial charge is 0.337 e. The Bertz CT molecular complexity index is 475. The molecule has 1 rings (SSSR count). The van der Waals surface area contributed by atoms with Gasteiger partial charge >= 0.3 is 5.97 Å². The van der Waals surface area contributed by atoms with Crippen LogP contribution in [0.25, 0.3) is 0 Å². The molecule has 0 aromatic heterocycles. The number of hydrogen-bond donors (Lipinski definition) is 3. The molecule has 1 aromatic rings. The fourth-order valence-electron chi connectivity index (χ4n) is 1.49. The van der Waals surface area contributed by atoms with Crippen LogP contribution >= 0.6 is 22.6 Å². The maximum absolute atomic E-state index is 11.7. The fourth-order valence-corrected chi connectivity index (χ4v) is 1.98. The van der Waals surface area contributed by atoms with Gasteiger partial charge in [-0.2, -0.15) is 0 Å². The molecule has 0 unspecified atom stereocenters. The highest BCUT2D eigenvalue weighted by molar-refractivity contribution is 14.1. The van der Waals surface area contributed by atoms with Gasteiger partial charge in [0.1, 0.15) is 0 Å². The molecule has 0 bridgehead atoms. The predicted molar refractivity (Wildman–Crippen MR) is 82.5 cm³/mol. The summed E-state index contributed by atoms with van der Waals surface area (Å²) in [6.45, 7) is 4.56. The van der Waals surface area contributed by atoms with Gasteiger partial charge < -0.3 is 15.7 Å². The van der Waals surface area contributed by atoms with Gasteiger partial charge in [-0.05, 0) is 40.8 Å². The number of carboxylic acid groups (broad SMARTS) is 1. The number of nitrogens with one attached hydrogen (secondary N) is 2. The molecule has 0 spiro atoms. The van der Waals surface area contributed by atoms with Crippen molar-refractivity contribution >= 4 is 40.2 Å². The molecule has 0 fully saturated rings. The molecule has 104 valence electrons. The number of benzene rings is 1. The Hall–Kier alpha value is -1.15. The summed E-state index contributed by atoms with van der Waals surface area (Å²) >= 11 is 2.03. The summed E-state index contributed by atoms with van der Waals surface area (Å²) in [5.41, 5.74) is 0.444. The van der Waals surface area contributed by atoms with Crippen molar-refractivity contribution in [3.8, 4) is 0 Å². The molecule has 0 aliphatic carbocycles. The van der Waals surface area contributed by atoms with Crippen molar-refractivity contribution in [2.75, 3.05) is 11.9 Å². The van der Waals surface area contributed by atoms with Crippen LogP contribution in [0.4, 0.5) is 5.69 Å². The molecule has 0 radical (unpaired) electrons. The van der Waals surface area contributed by atoms with Crippen LogP contribution in [0.15, 0.2) is 18.2 Å². The van der Waals surface area contributed by atoms with E-state index in [1.165, 1.54) is 6.07 Å². The van der Waals surface area contributed by atoms with Crippen molar-refractivity contribution in [2.24, 2.45) is 0 Å². The molecule has 5 nitrogen and oxygen atoms in total. The highest BCUT2D eigenvalue weighted by Crippen LogP contribution is 2.19. The minimum atomic E-state index is -1.05. The number of hydrogen-bond acceptors (Lipinski definition) is 3. The fraction of sp³-hybridized carbons (Fsp3) is 0.385. The van der Waals surface area contributed by atoms with E-state index in [0.29, 0.717) is 24.7 Å². The minimum absolute atomic E-state index is 0.108. The number of carbonyl (C=O) groups excluding carboxylic acids is 1. The lowest BCUT2D eigenvalue weighted by molar-refractivity contribution is -0.116. The monoisotopic (exact) mass is 376 g/mol. The third kappa shape index (κ3) is 5.56. The lowest BCUT2D eigenvalue weighted by atomic mass is 10.1. The van der Waals surface area contributed by atoms with Crippen molar-refractivity contribution in [1.82, 2.24) is 5.32 Å². The average Bonchev–Trinajstić information content (AvgIpc) is 2.30. The van der Waals surface area contributed by atoms with E-state index in [2.05, 4.69) is 10.6 Å². The highest BCUT2D eigenvalue weighted by Gasteiger charge is 2.12. The van der Waals surface area contributed by atoms with E-state index in [4.69, 9.17) is 5.11 Å². The van der Waals surface area contributed by atoms with Crippen molar-refractivity contribution in [1.29, 1.82) is 0 Å². The van der Waals surface area contributed by atoms with E-state index in [0.717, 1.165) is 3.57 Å². The number of halogens is 1. The Morgan fingerprint density at radius 2 is 2.05 bits per heavy atom. The molecule has 0 saturated heterocycles. The van der Waals surface area contributed by atoms with E-state index in [9.17, 15) is 9.59 Å². The zero-order valence-corrected chi connectivity index (χ0v) is 13.0. The van der Waals surface area contributed by atoms with E-state index < -0.39 is 5.97 Å². The normalized spacial score (nSPS) is 10.5. The van der Waals surface area contributed by atoms with Gasteiger partial charge in [0.15, 0.2) is 0 Å². The summed E-state index contributed by atoms with van der Waals surface area (Å²) in [4.78, 5) is 22.8. The molecule has 19 heavy (non-hydrogen) atoms. The van der Waals surface area contributed by atoms with Crippen molar-refractivity contribution in [3.63, 3.8) is 0 Å². The number of amides is 1. The number of carboxylic acids is 1. The Kier molecular flexibility index (Phi) is 6.23. The molecule has 6 heteroatoms. The van der Waals surface area contributed by atoms with E-state index >= 15 is 0 Å². The summed E-state index contributed by atoms with van der Waals surface area (Å²) in [5, 5.41) is 14.8. The zero-order valence-electron chi connectivity index (χ0n) is 10.9. The molecule has 1 amide bonds. The first-order valence-corrected chi connectivity index (χ1v) is 7.04. The van der Waals surface area contributed by atoms with Crippen LogP contribution < -0.4 is 10.6 Å². The first-order valence-electron chi connectivity index (χ1n) is 5.96. The maximum atomic E-state index is 11.7. The molecule has 0 aliphatic heterocycles. The van der Waals surface area contributed by atoms with Crippen molar-refractivity contribution < 1.29 is 14.7 Å². The minimum Gasteiger partial charge on any atom is -0.478 e. The molecule has 1 aromatic carbocycles. The van der Waals surface area contributed by atoms with Crippen LogP contribution in [0.2, 0.25) is 0 Å². The second kappa shape index (κ2) is 7.44. The van der Waals surface area contributed by atoms with Crippen LogP contribution in [-0.2, 0) is 4.79 Å². The predicted octanol–water partition coefficient (Wildman–Crippen LogP) is 2.32. The topological polar surface area (TPSA) is 78.4 Å². The van der Waals surface area contributed by atoms with Crippen LogP contribution in [0.5, 0.6) is 0 Å². The van der Waals surface area contributed by atoms with Crippen molar-refractivity contribution in [3.05, 3.63) is 27.3 Å². The SMILES string of the molecule is CC(C)NCCC(=O)Nc1ccc(I)cc1C(=O)O. The summed E-state index contributed by atoms with van der Waals surface area (Å²) < 4.78 is 0.814. The third-order valence-corrected chi connectivity index (χ3v) is 3.06. The number of aromatic carboxylic acids is 1. The highest BCUT2D eigenvalue weighted by atomic mass is 127. The third-order valence-electron chi connectivity index (χ3n) is 2.39. The first kappa shape index (κ1) is 15.9. The van der Waals surface area contributed by atoms with Crippen LogP contribution in [0.3, 0.4) is 0 Å². The van der Waals surface area contributed by atoms with E-state index in [1.807, 2.05) is 36.4 Å². The molecular formula is C13H17IN2O3. The Labute approximate surface area is 125 Å². The molecule has 0 aliphatic rings. The van der Waals surface area contributed by atoms with Crippen LogP contribution in [0, 0.1) is 3.57 Å². The molecule has 3 N–H and O–H groups in total. The van der Waals surface area contributed by atoms with Gasteiger partial charge in [0, 0.05) is 22.6 Å². The standard InChI is InChI=1S/C13H17IN2O3/c1-8(2)15-6-5-12(17)16-11-4-3-9(14)7-10(11)13(18)19/h3-4,7-8,15H,5-6H2,1-2H3,(H,16,17)(H,18,19). The van der Waals surface area contributed by atoms with Gasteiger partial charge in [0.25, 0.3) is 0 Å². The van der Waals surface area contributed by atoms with Gasteiger partial charge in [-0.25, -0.2) is 4.79 Å². The zero-order chi connectivity index (χ0) is 14.4. The molecule has 0 saturated carbocycles. The molecule has 0 heterocycles. The number of carbonyl (C=O) groups is 2. The van der Waals surface area contributed by atoms with Gasteiger partial charge in [-0.1, -0.05) is 13.8 Å². The van der Waals surface area contributed by atoms with Crippen LogP contribution in [-0.4, -0.2) is 29.6 Å². The molecular weight excluding hydrogens is 359 g/mol.